The van der Waals surface area contributed by atoms with Crippen molar-refractivity contribution in [1.29, 1.82) is 0 Å². The summed E-state index contributed by atoms with van der Waals surface area (Å²) in [6.45, 7) is 0. The van der Waals surface area contributed by atoms with Crippen LogP contribution in [0, 0.1) is 0 Å². The second-order valence-electron chi connectivity index (χ2n) is 33.1. The second kappa shape index (κ2) is 30.8. The Labute approximate surface area is 741 Å². The molecule has 0 aliphatic carbocycles. The van der Waals surface area contributed by atoms with E-state index in [0.717, 1.165) is 123 Å². The lowest BCUT2D eigenvalue weighted by Gasteiger charge is -2.16. The van der Waals surface area contributed by atoms with Gasteiger partial charge in [0.1, 0.15) is 5.52 Å². The normalized spacial score (nSPS) is 11.7. The summed E-state index contributed by atoms with van der Waals surface area (Å²) in [7, 11) is 0. The van der Waals surface area contributed by atoms with E-state index in [1.54, 1.807) is 12.4 Å². The van der Waals surface area contributed by atoms with Gasteiger partial charge in [0.05, 0.1) is 94.8 Å². The van der Waals surface area contributed by atoms with Crippen LogP contribution in [-0.4, -0.2) is 43.6 Å². The molecule has 0 saturated heterocycles. The topological polar surface area (TPSA) is 92.1 Å². The van der Waals surface area contributed by atoms with E-state index in [4.69, 9.17) is 19.9 Å². The van der Waals surface area contributed by atoms with Crippen molar-refractivity contribution < 1.29 is 0 Å². The molecule has 6 heterocycles. The molecule has 0 N–H and O–H groups in total. The number of aromatic nitrogens is 9. The van der Waals surface area contributed by atoms with Gasteiger partial charge < -0.3 is 13.7 Å². The van der Waals surface area contributed by atoms with Gasteiger partial charge in [0.15, 0.2) is 0 Å². The van der Waals surface area contributed by atoms with Crippen LogP contribution in [0.1, 0.15) is 0 Å². The van der Waals surface area contributed by atoms with E-state index in [1.807, 2.05) is 24.3 Å². The third-order valence-electron chi connectivity index (χ3n) is 25.8. The highest BCUT2D eigenvalue weighted by atomic mass is 15.0. The van der Waals surface area contributed by atoms with Crippen LogP contribution < -0.4 is 0 Å². The van der Waals surface area contributed by atoms with E-state index in [1.165, 1.54) is 125 Å². The fraction of sp³-hybridized carbons (Fsp3) is 0. The molecule has 0 fully saturated rings. The number of rotatable bonds is 9. The van der Waals surface area contributed by atoms with E-state index in [2.05, 4.69) is 442 Å². The molecule has 0 spiro atoms. The molecule has 0 bridgehead atoms. The number of hydrogen-bond acceptors (Lipinski definition) is 6. The third kappa shape index (κ3) is 12.5. The van der Waals surface area contributed by atoms with Gasteiger partial charge in [0, 0.05) is 99.9 Å². The van der Waals surface area contributed by atoms with E-state index in [-0.39, 0.29) is 0 Å². The van der Waals surface area contributed by atoms with Gasteiger partial charge in [0.2, 0.25) is 0 Å². The van der Waals surface area contributed by atoms with Crippen LogP contribution in [0.25, 0.3) is 247 Å². The Morgan fingerprint density at radius 3 is 0.953 bits per heavy atom. The summed E-state index contributed by atoms with van der Waals surface area (Å²) in [5.41, 5.74) is 27.8. The summed E-state index contributed by atoms with van der Waals surface area (Å²) in [6.07, 6.45) is 3.53. The molecule has 0 atom stereocenters. The molecule has 129 heavy (non-hydrogen) atoms. The van der Waals surface area contributed by atoms with Crippen molar-refractivity contribution in [2.75, 3.05) is 0 Å². The number of benzene rings is 21. The zero-order valence-corrected chi connectivity index (χ0v) is 69.8. The Bertz CT molecular complexity index is 9180. The monoisotopic (exact) mass is 1640 g/mol. The van der Waals surface area contributed by atoms with Gasteiger partial charge in [-0.2, -0.15) is 0 Å². The molecular weight excluding hydrogens is 1570 g/mol. The smallest absolute Gasteiger partial charge is 0.113 e. The van der Waals surface area contributed by atoms with Crippen molar-refractivity contribution in [2.24, 2.45) is 0 Å². The molecule has 600 valence electrons. The lowest BCUT2D eigenvalue weighted by atomic mass is 10.00. The van der Waals surface area contributed by atoms with Gasteiger partial charge in [-0.15, -0.1) is 0 Å². The lowest BCUT2D eigenvalue weighted by Crippen LogP contribution is -2.01. The Morgan fingerprint density at radius 2 is 0.504 bits per heavy atom. The molecule has 0 radical (unpaired) electrons. The zero-order chi connectivity index (χ0) is 85.0. The molecule has 9 nitrogen and oxygen atoms in total. The van der Waals surface area contributed by atoms with Crippen molar-refractivity contribution in [3.63, 3.8) is 0 Å². The zero-order valence-electron chi connectivity index (χ0n) is 69.8. The molecule has 0 aliphatic heterocycles. The van der Waals surface area contributed by atoms with Crippen molar-refractivity contribution in [2.45, 2.75) is 0 Å². The highest BCUT2D eigenvalue weighted by molar-refractivity contribution is 6.29. The molecule has 0 amide bonds. The van der Waals surface area contributed by atoms with Gasteiger partial charge in [0.25, 0.3) is 0 Å². The molecule has 27 aromatic rings. The molecule has 27 rings (SSSR count). The Kier molecular flexibility index (Phi) is 17.7. The largest absolute Gasteiger partial charge is 0.309 e. The standard InChI is InChI=1S/C46H29N3.C40H25N3.C34H21N3/c1-3-15-32(16-4-1)43-44(33-17-5-2-6-18-33)48-45-37(23-12-24-40(45)47-43)34-19-11-20-35(29-34)49-41-28-26-30-13-7-9-21-36(30)42(41)39-27-25-31-14-8-10-22-38(31)46(39)49;1-3-14-28(15-4-1)37-38(29-16-5-2-6-17-29)42-39-33(41-37)20-11-21-35(39)43-34-25-23-26-12-7-9-18-30(26)36(34)32-24-22-27-13-8-10-19-31(27)40(32)43;1-2-8-22(9-3-1)28-20-29-30(36-19-18-35-29)21-32(28)37-31-17-15-23-10-4-6-12-25(23)33(31)27-16-14-24-11-5-7-13-26(24)34(27)37/h1-29H;1-25H;1-21H. The second-order valence-corrected chi connectivity index (χ2v) is 33.1. The molecule has 0 unspecified atom stereocenters. The van der Waals surface area contributed by atoms with Crippen LogP contribution in [0.5, 0.6) is 0 Å². The van der Waals surface area contributed by atoms with Crippen LogP contribution in [0.15, 0.2) is 455 Å². The van der Waals surface area contributed by atoms with E-state index >= 15 is 0 Å². The lowest BCUT2D eigenvalue weighted by molar-refractivity contribution is 1.18. The van der Waals surface area contributed by atoms with Gasteiger partial charge in [-0.1, -0.05) is 382 Å². The van der Waals surface area contributed by atoms with Crippen molar-refractivity contribution in [3.8, 4) is 84.3 Å². The van der Waals surface area contributed by atoms with Gasteiger partial charge >= 0.3 is 0 Å². The summed E-state index contributed by atoms with van der Waals surface area (Å²) < 4.78 is 7.30. The molecule has 9 heteroatoms. The van der Waals surface area contributed by atoms with E-state index < -0.39 is 0 Å². The summed E-state index contributed by atoms with van der Waals surface area (Å²) in [4.78, 5) is 30.7. The number of hydrogen-bond donors (Lipinski definition) is 0. The van der Waals surface area contributed by atoms with Gasteiger partial charge in [-0.3, -0.25) is 9.97 Å². The Morgan fingerprint density at radius 1 is 0.178 bits per heavy atom. The van der Waals surface area contributed by atoms with Gasteiger partial charge in [-0.25, -0.2) is 19.9 Å². The Hall–Kier alpha value is -17.4. The first kappa shape index (κ1) is 74.2. The molecule has 0 saturated carbocycles. The first-order valence-electron chi connectivity index (χ1n) is 43.8. The highest BCUT2D eigenvalue weighted by Crippen LogP contribution is 2.48. The summed E-state index contributed by atoms with van der Waals surface area (Å²) in [6, 6.07) is 157. The van der Waals surface area contributed by atoms with Crippen LogP contribution in [-0.2, 0) is 0 Å². The van der Waals surface area contributed by atoms with Crippen LogP contribution in [0.3, 0.4) is 0 Å². The van der Waals surface area contributed by atoms with E-state index in [0.29, 0.717) is 0 Å². The van der Waals surface area contributed by atoms with Crippen LogP contribution in [0.4, 0.5) is 0 Å². The fourth-order valence-corrected chi connectivity index (χ4v) is 20.0. The number of fused-ring (bicyclic) bond motifs is 24. The first-order chi connectivity index (χ1) is 64.0. The van der Waals surface area contributed by atoms with Crippen LogP contribution >= 0.6 is 0 Å². The first-order valence-corrected chi connectivity index (χ1v) is 43.8. The number of nitrogens with zero attached hydrogens (tertiary/aromatic N) is 9. The average molecular weight is 1640 g/mol. The summed E-state index contributed by atoms with van der Waals surface area (Å²) in [5, 5.41) is 22.4. The minimum absolute atomic E-state index is 0.868. The highest BCUT2D eigenvalue weighted by Gasteiger charge is 2.26. The van der Waals surface area contributed by atoms with Crippen molar-refractivity contribution in [3.05, 3.63) is 455 Å². The maximum atomic E-state index is 5.45. The molecular formula is C120H75N9. The predicted molar refractivity (Wildman–Crippen MR) is 539 cm³/mol. The summed E-state index contributed by atoms with van der Waals surface area (Å²) in [5.74, 6) is 0. The van der Waals surface area contributed by atoms with E-state index in [9.17, 15) is 0 Å². The minimum Gasteiger partial charge on any atom is -0.309 e. The maximum Gasteiger partial charge on any atom is 0.113 e. The average Bonchev–Trinajstić information content (AvgIpc) is 1.53. The van der Waals surface area contributed by atoms with Gasteiger partial charge in [-0.05, 0) is 120 Å². The van der Waals surface area contributed by atoms with Crippen molar-refractivity contribution in [1.82, 2.24) is 43.6 Å². The quantitative estimate of drug-likeness (QED) is 0.143. The maximum absolute atomic E-state index is 5.45. The molecule has 21 aromatic carbocycles. The SMILES string of the molecule is c1ccc(-c2cc3nccnc3cc2-n2c3ccc4ccccc4c3c3ccc4ccccc4c32)cc1.c1ccc(-c2nc3cccc(-c4cccc(-n5c6ccc7ccccc7c6c6ccc7ccccc7c65)c4)c3nc2-c2ccccc2)cc1.c1ccc(-c2nc3cccc(-n4c5ccc6ccccc6c5c5ccc6ccccc6c54)c3nc2-c2ccccc2)cc1. The van der Waals surface area contributed by atoms with Crippen LogP contribution in [0.2, 0.25) is 0 Å². The molecule has 6 aromatic heterocycles. The fourth-order valence-electron chi connectivity index (χ4n) is 20.0. The third-order valence-corrected chi connectivity index (χ3v) is 25.8. The van der Waals surface area contributed by atoms with Crippen molar-refractivity contribution >= 4 is 163 Å². The summed E-state index contributed by atoms with van der Waals surface area (Å²) >= 11 is 0. The number of para-hydroxylation sites is 2. The minimum atomic E-state index is 0.868. The molecule has 0 aliphatic rings. The predicted octanol–water partition coefficient (Wildman–Crippen LogP) is 31.1. The Balaban J connectivity index is 0.000000106.